The fourth-order valence-corrected chi connectivity index (χ4v) is 3.35. The number of aromatic nitrogens is 2. The molecule has 3 rings (SSSR count). The molecular weight excluding hydrogens is 300 g/mol. The van der Waals surface area contributed by atoms with Crippen molar-refractivity contribution in [3.63, 3.8) is 0 Å². The van der Waals surface area contributed by atoms with Crippen LogP contribution in [0.4, 0.5) is 0 Å². The van der Waals surface area contributed by atoms with Crippen LogP contribution in [0.5, 0.6) is 0 Å². The minimum Gasteiger partial charge on any atom is -0.323 e. The van der Waals surface area contributed by atoms with Crippen molar-refractivity contribution in [3.05, 3.63) is 49.3 Å². The molecule has 0 fully saturated rings. The first-order valence-corrected chi connectivity index (χ1v) is 7.23. The Balaban J connectivity index is 2.34. The van der Waals surface area contributed by atoms with E-state index in [-0.39, 0.29) is 5.56 Å². The summed E-state index contributed by atoms with van der Waals surface area (Å²) in [6.45, 7) is 1.94. The van der Waals surface area contributed by atoms with Gasteiger partial charge in [0.2, 0.25) is 0 Å². The second kappa shape index (κ2) is 4.59. The van der Waals surface area contributed by atoms with Crippen LogP contribution in [0, 0.1) is 11.7 Å². The Hall–Kier alpha value is -1.43. The average molecular weight is 309 g/mol. The predicted octanol–water partition coefficient (Wildman–Crippen LogP) is 4.28. The normalized spacial score (nSPS) is 11.1. The van der Waals surface area contributed by atoms with Gasteiger partial charge in [0, 0.05) is 16.0 Å². The second-order valence-corrected chi connectivity index (χ2v) is 5.92. The van der Waals surface area contributed by atoms with Crippen LogP contribution in [0.1, 0.15) is 5.56 Å². The molecule has 0 aliphatic heterocycles. The van der Waals surface area contributed by atoms with E-state index in [1.54, 1.807) is 0 Å². The molecule has 0 amide bonds. The molecule has 0 saturated carbocycles. The Morgan fingerprint density at radius 3 is 2.84 bits per heavy atom. The zero-order chi connectivity index (χ0) is 13.6. The van der Waals surface area contributed by atoms with E-state index in [0.29, 0.717) is 10.2 Å². The Morgan fingerprint density at radius 2 is 2.11 bits per heavy atom. The third-order valence-corrected chi connectivity index (χ3v) is 4.46. The third kappa shape index (κ3) is 2.14. The lowest BCUT2D eigenvalue weighted by molar-refractivity contribution is 1.15. The molecule has 6 heteroatoms. The van der Waals surface area contributed by atoms with Gasteiger partial charge < -0.3 is 4.98 Å². The Bertz CT molecular complexity index is 892. The van der Waals surface area contributed by atoms with Crippen molar-refractivity contribution in [3.8, 4) is 11.1 Å². The summed E-state index contributed by atoms with van der Waals surface area (Å²) in [6.07, 6.45) is 0. The van der Waals surface area contributed by atoms with Gasteiger partial charge in [-0.25, -0.2) is 0 Å². The van der Waals surface area contributed by atoms with Gasteiger partial charge in [-0.2, -0.15) is 0 Å². The zero-order valence-corrected chi connectivity index (χ0v) is 12.3. The lowest BCUT2D eigenvalue weighted by Crippen LogP contribution is -2.06. The van der Waals surface area contributed by atoms with Crippen LogP contribution in [0.15, 0.2) is 28.4 Å². The molecule has 96 valence electrons. The van der Waals surface area contributed by atoms with Gasteiger partial charge in [0.1, 0.15) is 4.83 Å². The minimum absolute atomic E-state index is 0.164. The van der Waals surface area contributed by atoms with Crippen molar-refractivity contribution in [1.29, 1.82) is 0 Å². The molecule has 3 aromatic rings. The molecule has 2 aromatic heterocycles. The lowest BCUT2D eigenvalue weighted by Gasteiger charge is -2.03. The third-order valence-electron chi connectivity index (χ3n) is 2.94. The number of fused-ring (bicyclic) bond motifs is 1. The molecule has 0 radical (unpaired) electrons. The highest BCUT2D eigenvalue weighted by Crippen LogP contribution is 2.32. The van der Waals surface area contributed by atoms with Crippen LogP contribution in [0.2, 0.25) is 5.02 Å². The molecule has 0 spiro atoms. The number of H-pyrrole nitrogens is 2. The zero-order valence-electron chi connectivity index (χ0n) is 9.91. The monoisotopic (exact) mass is 308 g/mol. The largest absolute Gasteiger partial charge is 0.323 e. The molecule has 2 N–H and O–H groups in total. The van der Waals surface area contributed by atoms with Gasteiger partial charge in [-0.05, 0) is 42.4 Å². The van der Waals surface area contributed by atoms with E-state index in [1.165, 1.54) is 11.3 Å². The van der Waals surface area contributed by atoms with Crippen molar-refractivity contribution in [2.45, 2.75) is 6.92 Å². The predicted molar refractivity (Wildman–Crippen MR) is 82.8 cm³/mol. The number of thiophene rings is 1. The van der Waals surface area contributed by atoms with Crippen molar-refractivity contribution in [2.24, 2.45) is 0 Å². The van der Waals surface area contributed by atoms with Crippen LogP contribution in [-0.4, -0.2) is 9.97 Å². The smallest absolute Gasteiger partial charge is 0.261 e. The van der Waals surface area contributed by atoms with Crippen LogP contribution in [0.25, 0.3) is 21.3 Å². The summed E-state index contributed by atoms with van der Waals surface area (Å²) in [5.41, 5.74) is 2.69. The van der Waals surface area contributed by atoms with Crippen molar-refractivity contribution in [1.82, 2.24) is 9.97 Å². The SMILES string of the molecule is Cc1cc(-c2csc3[nH]c(=S)[nH]c(=O)c23)ccc1Cl. The quantitative estimate of drug-likeness (QED) is 0.659. The van der Waals surface area contributed by atoms with Gasteiger partial charge in [-0.3, -0.25) is 9.78 Å². The maximum Gasteiger partial charge on any atom is 0.261 e. The Morgan fingerprint density at radius 1 is 1.32 bits per heavy atom. The lowest BCUT2D eigenvalue weighted by atomic mass is 10.0. The molecule has 3 nitrogen and oxygen atoms in total. The molecule has 0 unspecified atom stereocenters. The molecule has 0 aliphatic carbocycles. The van der Waals surface area contributed by atoms with Crippen molar-refractivity contribution < 1.29 is 0 Å². The fourth-order valence-electron chi connectivity index (χ4n) is 2.00. The summed E-state index contributed by atoms with van der Waals surface area (Å²) in [6, 6.07) is 5.73. The van der Waals surface area contributed by atoms with E-state index in [0.717, 1.165) is 26.5 Å². The van der Waals surface area contributed by atoms with Crippen LogP contribution >= 0.6 is 35.2 Å². The highest BCUT2D eigenvalue weighted by Gasteiger charge is 2.11. The standard InChI is InChI=1S/C13H9ClN2OS2/c1-6-4-7(2-3-9(6)14)8-5-19-12-10(8)11(17)15-13(18)16-12/h2-5H,1H3,(H2,15,16,17,18). The van der Waals surface area contributed by atoms with Crippen molar-refractivity contribution in [2.75, 3.05) is 0 Å². The molecule has 0 saturated heterocycles. The summed E-state index contributed by atoms with van der Waals surface area (Å²) in [5, 5.41) is 3.31. The number of benzene rings is 1. The van der Waals surface area contributed by atoms with Gasteiger partial charge >= 0.3 is 0 Å². The Kier molecular flexibility index (Phi) is 3.05. The van der Waals surface area contributed by atoms with E-state index in [4.69, 9.17) is 23.8 Å². The van der Waals surface area contributed by atoms with Gasteiger partial charge in [0.15, 0.2) is 4.77 Å². The maximum atomic E-state index is 12.0. The van der Waals surface area contributed by atoms with Gasteiger partial charge in [-0.1, -0.05) is 17.7 Å². The number of halogens is 1. The summed E-state index contributed by atoms with van der Waals surface area (Å²) >= 11 is 12.5. The van der Waals surface area contributed by atoms with Crippen LogP contribution in [0.3, 0.4) is 0 Å². The van der Waals surface area contributed by atoms with Crippen LogP contribution in [-0.2, 0) is 0 Å². The van der Waals surface area contributed by atoms with Gasteiger partial charge in [0.05, 0.1) is 5.39 Å². The van der Waals surface area contributed by atoms with E-state index in [2.05, 4.69) is 9.97 Å². The first-order valence-electron chi connectivity index (χ1n) is 5.56. The molecule has 0 atom stereocenters. The molecule has 0 bridgehead atoms. The van der Waals surface area contributed by atoms with Gasteiger partial charge in [0.25, 0.3) is 5.56 Å². The summed E-state index contributed by atoms with van der Waals surface area (Å²) < 4.78 is 0.346. The van der Waals surface area contributed by atoms with E-state index in [1.807, 2.05) is 30.5 Å². The molecular formula is C13H9ClN2OS2. The fraction of sp³-hybridized carbons (Fsp3) is 0.0769. The van der Waals surface area contributed by atoms with E-state index >= 15 is 0 Å². The van der Waals surface area contributed by atoms with Crippen LogP contribution < -0.4 is 5.56 Å². The first kappa shape index (κ1) is 12.6. The van der Waals surface area contributed by atoms with Gasteiger partial charge in [-0.15, -0.1) is 11.3 Å². The van der Waals surface area contributed by atoms with Crippen molar-refractivity contribution >= 4 is 45.4 Å². The number of nitrogens with one attached hydrogen (secondary N) is 2. The average Bonchev–Trinajstić information content (AvgIpc) is 2.76. The number of hydrogen-bond donors (Lipinski definition) is 2. The van der Waals surface area contributed by atoms with E-state index < -0.39 is 0 Å². The molecule has 0 aliphatic rings. The summed E-state index contributed by atoms with van der Waals surface area (Å²) in [5.74, 6) is 0. The topological polar surface area (TPSA) is 48.6 Å². The minimum atomic E-state index is -0.164. The second-order valence-electron chi connectivity index (χ2n) is 4.23. The molecule has 2 heterocycles. The molecule has 1 aromatic carbocycles. The number of rotatable bonds is 1. The summed E-state index contributed by atoms with van der Waals surface area (Å²) in [4.78, 5) is 18.5. The highest BCUT2D eigenvalue weighted by atomic mass is 35.5. The number of aryl methyl sites for hydroxylation is 1. The number of aromatic amines is 2. The summed E-state index contributed by atoms with van der Waals surface area (Å²) in [7, 11) is 0. The van der Waals surface area contributed by atoms with E-state index in [9.17, 15) is 4.79 Å². The maximum absolute atomic E-state index is 12.0. The molecule has 19 heavy (non-hydrogen) atoms. The Labute approximate surface area is 122 Å². The highest BCUT2D eigenvalue weighted by molar-refractivity contribution is 7.71. The first-order chi connectivity index (χ1) is 9.06. The number of hydrogen-bond acceptors (Lipinski definition) is 3.